The van der Waals surface area contributed by atoms with Gasteiger partial charge in [0.25, 0.3) is 5.91 Å². The van der Waals surface area contributed by atoms with Crippen LogP contribution in [0.4, 0.5) is 5.69 Å². The number of hydrogen-bond donors (Lipinski definition) is 0. The van der Waals surface area contributed by atoms with Gasteiger partial charge in [0.1, 0.15) is 0 Å². The maximum atomic E-state index is 12.3. The molecule has 0 fully saturated rings. The van der Waals surface area contributed by atoms with Crippen LogP contribution in [0.15, 0.2) is 36.4 Å². The second kappa shape index (κ2) is 6.98. The van der Waals surface area contributed by atoms with E-state index in [1.165, 1.54) is 0 Å². The molecule has 0 bridgehead atoms. The molecule has 0 heterocycles. The summed E-state index contributed by atoms with van der Waals surface area (Å²) in [5, 5.41) is 0. The molecule has 104 valence electrons. The summed E-state index contributed by atoms with van der Waals surface area (Å²) in [6.07, 6.45) is 0. The first-order chi connectivity index (χ1) is 8.99. The van der Waals surface area contributed by atoms with Crippen molar-refractivity contribution in [2.45, 2.75) is 20.8 Å². The van der Waals surface area contributed by atoms with Crippen LogP contribution in [0, 0.1) is 0 Å². The van der Waals surface area contributed by atoms with E-state index in [1.54, 1.807) is 4.90 Å². The van der Waals surface area contributed by atoms with Crippen LogP contribution in [0.1, 0.15) is 31.1 Å². The highest BCUT2D eigenvalue weighted by molar-refractivity contribution is 5.94. The van der Waals surface area contributed by atoms with Crippen molar-refractivity contribution in [3.8, 4) is 0 Å². The number of benzene rings is 1. The fraction of sp³-hybridized carbons (Fsp3) is 0.438. The van der Waals surface area contributed by atoms with E-state index in [4.69, 9.17) is 0 Å². The highest BCUT2D eigenvalue weighted by atomic mass is 16.2. The number of anilines is 1. The van der Waals surface area contributed by atoms with E-state index in [0.29, 0.717) is 13.1 Å². The molecule has 1 aromatic rings. The lowest BCUT2D eigenvalue weighted by Gasteiger charge is -2.22. The first kappa shape index (κ1) is 15.3. The zero-order chi connectivity index (χ0) is 14.4. The molecular formula is C16H24N2O. The molecule has 3 nitrogen and oxygen atoms in total. The SMILES string of the molecule is C=C(C)CN(CC)C(=O)c1ccc(N(C)CC)cc1. The van der Waals surface area contributed by atoms with Gasteiger partial charge in [0, 0.05) is 37.9 Å². The Morgan fingerprint density at radius 3 is 2.16 bits per heavy atom. The molecule has 0 aliphatic rings. The van der Waals surface area contributed by atoms with E-state index >= 15 is 0 Å². The van der Waals surface area contributed by atoms with E-state index in [9.17, 15) is 4.79 Å². The Bertz CT molecular complexity index is 437. The molecule has 0 saturated carbocycles. The standard InChI is InChI=1S/C16H24N2O/c1-6-17(5)15-10-8-14(9-11-15)16(19)18(7-2)12-13(3)4/h8-11H,3,6-7,12H2,1-2,4-5H3. The third-order valence-corrected chi connectivity index (χ3v) is 3.16. The first-order valence-electron chi connectivity index (χ1n) is 6.74. The van der Waals surface area contributed by atoms with Gasteiger partial charge in [-0.3, -0.25) is 4.79 Å². The quantitative estimate of drug-likeness (QED) is 0.733. The highest BCUT2D eigenvalue weighted by Crippen LogP contribution is 2.15. The smallest absolute Gasteiger partial charge is 0.254 e. The molecule has 1 rings (SSSR count). The second-order valence-corrected chi connectivity index (χ2v) is 4.84. The van der Waals surface area contributed by atoms with Gasteiger partial charge in [-0.1, -0.05) is 12.2 Å². The maximum absolute atomic E-state index is 12.3. The first-order valence-corrected chi connectivity index (χ1v) is 6.74. The highest BCUT2D eigenvalue weighted by Gasteiger charge is 2.14. The molecule has 0 saturated heterocycles. The van der Waals surface area contributed by atoms with Gasteiger partial charge in [0.05, 0.1) is 0 Å². The third-order valence-electron chi connectivity index (χ3n) is 3.16. The summed E-state index contributed by atoms with van der Waals surface area (Å²) in [6, 6.07) is 7.77. The van der Waals surface area contributed by atoms with Gasteiger partial charge in [-0.2, -0.15) is 0 Å². The number of hydrogen-bond acceptors (Lipinski definition) is 2. The molecule has 0 aliphatic carbocycles. The Kier molecular flexibility index (Phi) is 5.61. The van der Waals surface area contributed by atoms with Crippen molar-refractivity contribution in [1.82, 2.24) is 4.90 Å². The average molecular weight is 260 g/mol. The van der Waals surface area contributed by atoms with Crippen LogP contribution in [0.5, 0.6) is 0 Å². The van der Waals surface area contributed by atoms with Crippen molar-refractivity contribution in [3.05, 3.63) is 42.0 Å². The molecule has 1 aromatic carbocycles. The Morgan fingerprint density at radius 1 is 1.16 bits per heavy atom. The fourth-order valence-electron chi connectivity index (χ4n) is 1.88. The Labute approximate surface area is 116 Å². The van der Waals surface area contributed by atoms with E-state index in [0.717, 1.165) is 23.4 Å². The lowest BCUT2D eigenvalue weighted by Crippen LogP contribution is -2.32. The molecule has 0 atom stereocenters. The molecule has 0 aliphatic heterocycles. The molecule has 19 heavy (non-hydrogen) atoms. The lowest BCUT2D eigenvalue weighted by molar-refractivity contribution is 0.0778. The van der Waals surface area contributed by atoms with Crippen LogP contribution in [-0.4, -0.2) is 37.5 Å². The molecule has 1 amide bonds. The minimum absolute atomic E-state index is 0.0659. The number of rotatable bonds is 6. The summed E-state index contributed by atoms with van der Waals surface area (Å²) in [7, 11) is 2.04. The average Bonchev–Trinajstić information content (AvgIpc) is 2.43. The summed E-state index contributed by atoms with van der Waals surface area (Å²) in [4.78, 5) is 16.3. The van der Waals surface area contributed by atoms with E-state index in [1.807, 2.05) is 45.2 Å². The van der Waals surface area contributed by atoms with Gasteiger partial charge < -0.3 is 9.80 Å². The molecule has 0 N–H and O–H groups in total. The van der Waals surface area contributed by atoms with Crippen LogP contribution < -0.4 is 4.90 Å². The maximum Gasteiger partial charge on any atom is 0.254 e. The van der Waals surface area contributed by atoms with Gasteiger partial charge in [-0.05, 0) is 45.0 Å². The number of likely N-dealkylation sites (N-methyl/N-ethyl adjacent to an activating group) is 1. The van der Waals surface area contributed by atoms with Crippen LogP contribution in [0.3, 0.4) is 0 Å². The van der Waals surface area contributed by atoms with E-state index < -0.39 is 0 Å². The van der Waals surface area contributed by atoms with E-state index in [-0.39, 0.29) is 5.91 Å². The van der Waals surface area contributed by atoms with Crippen molar-refractivity contribution in [2.75, 3.05) is 31.6 Å². The molecule has 0 radical (unpaired) electrons. The zero-order valence-electron chi connectivity index (χ0n) is 12.4. The van der Waals surface area contributed by atoms with Gasteiger partial charge in [-0.25, -0.2) is 0 Å². The molecule has 0 spiro atoms. The van der Waals surface area contributed by atoms with E-state index in [2.05, 4.69) is 18.4 Å². The van der Waals surface area contributed by atoms with Crippen LogP contribution in [0.25, 0.3) is 0 Å². The molecule has 0 unspecified atom stereocenters. The van der Waals surface area contributed by atoms with Gasteiger partial charge >= 0.3 is 0 Å². The number of amides is 1. The molecule has 3 heteroatoms. The fourth-order valence-corrected chi connectivity index (χ4v) is 1.88. The summed E-state index contributed by atoms with van der Waals surface area (Å²) in [5.74, 6) is 0.0659. The summed E-state index contributed by atoms with van der Waals surface area (Å²) < 4.78 is 0. The molecular weight excluding hydrogens is 236 g/mol. The third kappa shape index (κ3) is 4.12. The summed E-state index contributed by atoms with van der Waals surface area (Å²) in [6.45, 7) is 12.2. The lowest BCUT2D eigenvalue weighted by atomic mass is 10.1. The normalized spacial score (nSPS) is 10.1. The predicted molar refractivity (Wildman–Crippen MR) is 81.8 cm³/mol. The molecule has 0 aromatic heterocycles. The minimum Gasteiger partial charge on any atom is -0.375 e. The Morgan fingerprint density at radius 2 is 1.74 bits per heavy atom. The van der Waals surface area contributed by atoms with Crippen LogP contribution in [-0.2, 0) is 0 Å². The monoisotopic (exact) mass is 260 g/mol. The van der Waals surface area contributed by atoms with Gasteiger partial charge in [-0.15, -0.1) is 0 Å². The minimum atomic E-state index is 0.0659. The van der Waals surface area contributed by atoms with Gasteiger partial charge in [0.15, 0.2) is 0 Å². The largest absolute Gasteiger partial charge is 0.375 e. The van der Waals surface area contributed by atoms with Crippen LogP contribution >= 0.6 is 0 Å². The number of carbonyl (C=O) groups excluding carboxylic acids is 1. The predicted octanol–water partition coefficient (Wildman–Crippen LogP) is 3.18. The zero-order valence-corrected chi connectivity index (χ0v) is 12.4. The Balaban J connectivity index is 2.84. The second-order valence-electron chi connectivity index (χ2n) is 4.84. The Hall–Kier alpha value is -1.77. The van der Waals surface area contributed by atoms with Crippen molar-refractivity contribution >= 4 is 11.6 Å². The topological polar surface area (TPSA) is 23.6 Å². The van der Waals surface area contributed by atoms with Crippen LogP contribution in [0.2, 0.25) is 0 Å². The number of nitrogens with zero attached hydrogens (tertiary/aromatic N) is 2. The van der Waals surface area contributed by atoms with Gasteiger partial charge in [0.2, 0.25) is 0 Å². The van der Waals surface area contributed by atoms with Crippen molar-refractivity contribution < 1.29 is 4.79 Å². The summed E-state index contributed by atoms with van der Waals surface area (Å²) >= 11 is 0. The summed E-state index contributed by atoms with van der Waals surface area (Å²) in [5.41, 5.74) is 2.86. The number of carbonyl (C=O) groups is 1. The van der Waals surface area contributed by atoms with Crippen molar-refractivity contribution in [1.29, 1.82) is 0 Å². The van der Waals surface area contributed by atoms with Crippen molar-refractivity contribution in [3.63, 3.8) is 0 Å². The van der Waals surface area contributed by atoms with Crippen molar-refractivity contribution in [2.24, 2.45) is 0 Å².